The number of primary amides is 1. The second kappa shape index (κ2) is 8.87. The monoisotopic (exact) mass is 658 g/mol. The quantitative estimate of drug-likeness (QED) is 0.313. The number of hydrogen-bond acceptors (Lipinski definition) is 5. The second-order valence-electron chi connectivity index (χ2n) is 4.53. The van der Waals surface area contributed by atoms with Crippen LogP contribution in [0, 0.1) is 10.7 Å². The molecule has 0 aromatic heterocycles. The fraction of sp³-hybridized carbons (Fsp3) is 0.308. The van der Waals surface area contributed by atoms with Gasteiger partial charge in [-0.1, -0.05) is 0 Å². The molecule has 0 aliphatic rings. The number of nitrogens with two attached hydrogens (primary N) is 1. The van der Waals surface area contributed by atoms with Crippen LogP contribution in [0.2, 0.25) is 0 Å². The van der Waals surface area contributed by atoms with Gasteiger partial charge in [0.1, 0.15) is 0 Å². The van der Waals surface area contributed by atoms with Gasteiger partial charge in [-0.25, -0.2) is 0 Å². The van der Waals surface area contributed by atoms with Crippen molar-refractivity contribution in [2.24, 2.45) is 5.73 Å². The first-order valence-electron chi connectivity index (χ1n) is 6.19. The molecule has 1 atom stereocenters. The molecule has 0 spiro atoms. The smallest absolute Gasteiger partial charge is 0.250 e. The fourth-order valence-electron chi connectivity index (χ4n) is 1.87. The number of hydrogen-bond donors (Lipinski definition) is 3. The molecule has 7 nitrogen and oxygen atoms in total. The van der Waals surface area contributed by atoms with E-state index in [0.29, 0.717) is 22.7 Å². The van der Waals surface area contributed by atoms with Gasteiger partial charge in [-0.15, -0.1) is 0 Å². The zero-order valence-corrected chi connectivity index (χ0v) is 18.3. The standard InChI is InChI=1S/C13H13I3N2O5/c1-5(21)18(2-6(22)3-19)12-10(15)7(4-20)9(14)8(11(12)16)13(17)23/h4,6,19,22H,2-3H2,1H3,(H2,17,23). The first-order valence-corrected chi connectivity index (χ1v) is 9.43. The van der Waals surface area contributed by atoms with Crippen LogP contribution < -0.4 is 10.6 Å². The van der Waals surface area contributed by atoms with E-state index in [2.05, 4.69) is 0 Å². The fourth-order valence-corrected chi connectivity index (χ4v) is 6.41. The summed E-state index contributed by atoms with van der Waals surface area (Å²) < 4.78 is 1.29. The van der Waals surface area contributed by atoms with E-state index in [0.717, 1.165) is 0 Å². The summed E-state index contributed by atoms with van der Waals surface area (Å²) in [6, 6.07) is 0. The topological polar surface area (TPSA) is 121 Å². The van der Waals surface area contributed by atoms with Crippen molar-refractivity contribution in [3.63, 3.8) is 0 Å². The van der Waals surface area contributed by atoms with Crippen LogP contribution in [0.5, 0.6) is 0 Å². The lowest BCUT2D eigenvalue weighted by Gasteiger charge is -2.27. The SMILES string of the molecule is CC(=O)N(CC(O)CO)c1c(I)c(C=O)c(I)c(C(N)=O)c1I. The number of aliphatic hydroxyl groups is 2. The lowest BCUT2D eigenvalue weighted by atomic mass is 10.1. The van der Waals surface area contributed by atoms with Gasteiger partial charge in [0.05, 0.1) is 34.1 Å². The molecule has 0 aliphatic carbocycles. The van der Waals surface area contributed by atoms with Crippen molar-refractivity contribution >= 4 is 91.6 Å². The van der Waals surface area contributed by atoms with Gasteiger partial charge in [0.2, 0.25) is 5.91 Å². The number of carbonyl (C=O) groups excluding carboxylic acids is 3. The first-order chi connectivity index (χ1) is 10.7. The molecule has 0 saturated heterocycles. The molecule has 0 aliphatic heterocycles. The van der Waals surface area contributed by atoms with E-state index >= 15 is 0 Å². The van der Waals surface area contributed by atoms with Gasteiger partial charge in [0, 0.05) is 19.6 Å². The summed E-state index contributed by atoms with van der Waals surface area (Å²) >= 11 is 5.66. The van der Waals surface area contributed by atoms with Gasteiger partial charge in [0.25, 0.3) is 5.91 Å². The minimum Gasteiger partial charge on any atom is -0.394 e. The summed E-state index contributed by atoms with van der Waals surface area (Å²) in [5.74, 6) is -1.12. The van der Waals surface area contributed by atoms with E-state index in [9.17, 15) is 19.5 Å². The summed E-state index contributed by atoms with van der Waals surface area (Å²) in [5.41, 5.74) is 6.12. The van der Waals surface area contributed by atoms with Crippen molar-refractivity contribution in [3.05, 3.63) is 21.8 Å². The molecule has 126 valence electrons. The van der Waals surface area contributed by atoms with Crippen LogP contribution in [0.1, 0.15) is 27.6 Å². The van der Waals surface area contributed by atoms with E-state index in [1.54, 1.807) is 0 Å². The molecular weight excluding hydrogens is 645 g/mol. The number of aliphatic hydroxyl groups excluding tert-OH is 2. The van der Waals surface area contributed by atoms with Crippen molar-refractivity contribution < 1.29 is 24.6 Å². The Bertz CT molecular complexity index is 666. The van der Waals surface area contributed by atoms with Gasteiger partial charge < -0.3 is 20.8 Å². The van der Waals surface area contributed by atoms with E-state index in [-0.39, 0.29) is 17.7 Å². The predicted molar refractivity (Wildman–Crippen MR) is 110 cm³/mol. The van der Waals surface area contributed by atoms with Gasteiger partial charge >= 0.3 is 0 Å². The molecule has 0 saturated carbocycles. The summed E-state index contributed by atoms with van der Waals surface area (Å²) in [5, 5.41) is 18.7. The van der Waals surface area contributed by atoms with Crippen molar-refractivity contribution in [2.45, 2.75) is 13.0 Å². The summed E-state index contributed by atoms with van der Waals surface area (Å²) in [6.45, 7) is 0.595. The summed E-state index contributed by atoms with van der Waals surface area (Å²) in [6.07, 6.45) is -0.558. The van der Waals surface area contributed by atoms with Crippen LogP contribution >= 0.6 is 67.8 Å². The van der Waals surface area contributed by atoms with Crippen molar-refractivity contribution in [1.82, 2.24) is 0 Å². The average Bonchev–Trinajstić information content (AvgIpc) is 2.45. The maximum absolute atomic E-state index is 12.0. The Morgan fingerprint density at radius 3 is 2.22 bits per heavy atom. The molecule has 0 heterocycles. The third-order valence-electron chi connectivity index (χ3n) is 2.95. The molecular formula is C13H13I3N2O5. The number of rotatable bonds is 6. The van der Waals surface area contributed by atoms with Crippen LogP contribution in [-0.2, 0) is 4.79 Å². The minimum absolute atomic E-state index is 0.147. The molecule has 23 heavy (non-hydrogen) atoms. The Kier molecular flexibility index (Phi) is 8.09. The second-order valence-corrected chi connectivity index (χ2v) is 7.76. The predicted octanol–water partition coefficient (Wildman–Crippen LogP) is 1.12. The highest BCUT2D eigenvalue weighted by Gasteiger charge is 2.28. The van der Waals surface area contributed by atoms with Crippen LogP contribution in [0.15, 0.2) is 0 Å². The Labute approximate surface area is 173 Å². The summed E-state index contributed by atoms with van der Waals surface area (Å²) in [4.78, 5) is 36.4. The van der Waals surface area contributed by atoms with Gasteiger partial charge in [-0.05, 0) is 67.8 Å². The number of nitrogens with zero attached hydrogens (tertiary/aromatic N) is 1. The number of amides is 2. The highest BCUT2D eigenvalue weighted by atomic mass is 127. The van der Waals surface area contributed by atoms with Gasteiger partial charge in [0.15, 0.2) is 6.29 Å². The molecule has 2 amide bonds. The third-order valence-corrected chi connectivity index (χ3v) is 6.21. The Morgan fingerprint density at radius 1 is 1.26 bits per heavy atom. The van der Waals surface area contributed by atoms with Crippen LogP contribution in [0.25, 0.3) is 0 Å². The first kappa shape index (κ1) is 21.0. The van der Waals surface area contributed by atoms with E-state index < -0.39 is 24.5 Å². The largest absolute Gasteiger partial charge is 0.394 e. The maximum atomic E-state index is 12.0. The Balaban J connectivity index is 3.73. The molecule has 10 heteroatoms. The number of benzene rings is 1. The molecule has 1 rings (SSSR count). The summed E-state index contributed by atoms with van der Waals surface area (Å²) in [7, 11) is 0. The van der Waals surface area contributed by atoms with Gasteiger partial charge in [-0.2, -0.15) is 0 Å². The Morgan fingerprint density at radius 2 is 1.83 bits per heavy atom. The lowest BCUT2D eigenvalue weighted by molar-refractivity contribution is -0.117. The zero-order valence-electron chi connectivity index (χ0n) is 11.8. The van der Waals surface area contributed by atoms with Crippen molar-refractivity contribution in [2.75, 3.05) is 18.1 Å². The number of aldehydes is 1. The van der Waals surface area contributed by atoms with E-state index in [4.69, 9.17) is 10.8 Å². The van der Waals surface area contributed by atoms with E-state index in [1.807, 2.05) is 67.8 Å². The molecule has 0 bridgehead atoms. The highest BCUT2D eigenvalue weighted by molar-refractivity contribution is 14.1. The number of carbonyl (C=O) groups is 3. The van der Waals surface area contributed by atoms with Crippen LogP contribution in [0.3, 0.4) is 0 Å². The number of halogens is 3. The third kappa shape index (κ3) is 4.52. The number of anilines is 1. The molecule has 1 aromatic rings. The minimum atomic E-state index is -1.15. The van der Waals surface area contributed by atoms with Crippen LogP contribution in [0.4, 0.5) is 5.69 Å². The molecule has 1 unspecified atom stereocenters. The van der Waals surface area contributed by atoms with Crippen LogP contribution in [-0.4, -0.2) is 47.6 Å². The molecule has 1 aromatic carbocycles. The maximum Gasteiger partial charge on any atom is 0.250 e. The molecule has 4 N–H and O–H groups in total. The Hall–Kier alpha value is -0.0600. The van der Waals surface area contributed by atoms with Crippen molar-refractivity contribution in [3.8, 4) is 0 Å². The van der Waals surface area contributed by atoms with Gasteiger partial charge in [-0.3, -0.25) is 14.4 Å². The molecule has 0 radical (unpaired) electrons. The highest BCUT2D eigenvalue weighted by Crippen LogP contribution is 2.37. The zero-order chi connectivity index (χ0) is 17.9. The van der Waals surface area contributed by atoms with Crippen molar-refractivity contribution in [1.29, 1.82) is 0 Å². The van der Waals surface area contributed by atoms with E-state index in [1.165, 1.54) is 11.8 Å². The average molecular weight is 658 g/mol. The normalized spacial score (nSPS) is 11.9. The molecule has 0 fully saturated rings. The lowest BCUT2D eigenvalue weighted by Crippen LogP contribution is -2.39.